The molecule has 0 saturated heterocycles. The average Bonchev–Trinajstić information content (AvgIpc) is 3.06. The Balaban J connectivity index is 1.83. The quantitative estimate of drug-likeness (QED) is 0.704. The van der Waals surface area contributed by atoms with Gasteiger partial charge >= 0.3 is 0 Å². The number of aromatic amines is 1. The van der Waals surface area contributed by atoms with Crippen molar-refractivity contribution in [2.24, 2.45) is 0 Å². The van der Waals surface area contributed by atoms with Crippen LogP contribution >= 0.6 is 11.6 Å². The number of halogens is 1. The molecule has 0 fully saturated rings. The Kier molecular flexibility index (Phi) is 4.88. The second kappa shape index (κ2) is 7.24. The molecule has 118 valence electrons. The molecule has 0 radical (unpaired) electrons. The molecule has 2 heterocycles. The number of hydrogen-bond donors (Lipinski definition) is 1. The van der Waals surface area contributed by atoms with Gasteiger partial charge in [0, 0.05) is 31.4 Å². The Hall–Kier alpha value is -2.40. The lowest BCUT2D eigenvalue weighted by atomic mass is 10.1. The first-order valence-corrected chi connectivity index (χ1v) is 7.93. The van der Waals surface area contributed by atoms with Crippen molar-refractivity contribution in [3.8, 4) is 0 Å². The summed E-state index contributed by atoms with van der Waals surface area (Å²) in [5, 5.41) is 0.457. The summed E-state index contributed by atoms with van der Waals surface area (Å²) in [7, 11) is 0. The van der Waals surface area contributed by atoms with Gasteiger partial charge in [0.15, 0.2) is 0 Å². The zero-order valence-electron chi connectivity index (χ0n) is 12.9. The van der Waals surface area contributed by atoms with Crippen LogP contribution in [0.5, 0.6) is 0 Å². The summed E-state index contributed by atoms with van der Waals surface area (Å²) < 4.78 is 0. The van der Waals surface area contributed by atoms with Crippen LogP contribution in [-0.4, -0.2) is 26.5 Å². The molecule has 1 N–H and O–H groups in total. The van der Waals surface area contributed by atoms with E-state index in [1.54, 1.807) is 12.3 Å². The van der Waals surface area contributed by atoms with Crippen LogP contribution in [0.4, 0.5) is 5.82 Å². The normalized spacial score (nSPS) is 10.7. The summed E-state index contributed by atoms with van der Waals surface area (Å²) in [6.07, 6.45) is 4.22. The molecule has 0 spiro atoms. The number of hydrogen-bond acceptors (Lipinski definition) is 4. The molecule has 3 aromatic rings. The Morgan fingerprint density at radius 1 is 1.17 bits per heavy atom. The van der Waals surface area contributed by atoms with Gasteiger partial charge < -0.3 is 9.88 Å². The number of rotatable bonds is 6. The first-order valence-electron chi connectivity index (χ1n) is 7.55. The molecule has 0 aliphatic heterocycles. The van der Waals surface area contributed by atoms with E-state index in [1.165, 1.54) is 0 Å². The molecular formula is C17H18ClN5. The van der Waals surface area contributed by atoms with Gasteiger partial charge in [-0.1, -0.05) is 41.9 Å². The lowest BCUT2D eigenvalue weighted by molar-refractivity contribution is 0.769. The van der Waals surface area contributed by atoms with Crippen molar-refractivity contribution in [1.29, 1.82) is 0 Å². The second-order valence-corrected chi connectivity index (χ2v) is 5.56. The maximum atomic E-state index is 6.20. The van der Waals surface area contributed by atoms with Crippen LogP contribution in [0.3, 0.4) is 0 Å². The summed E-state index contributed by atoms with van der Waals surface area (Å²) in [4.78, 5) is 18.5. The largest absolute Gasteiger partial charge is 0.349 e. The van der Waals surface area contributed by atoms with Crippen LogP contribution in [0.2, 0.25) is 5.15 Å². The fourth-order valence-electron chi connectivity index (χ4n) is 2.39. The summed E-state index contributed by atoms with van der Waals surface area (Å²) in [6, 6.07) is 11.9. The molecule has 3 rings (SSSR count). The van der Waals surface area contributed by atoms with Crippen LogP contribution in [-0.2, 0) is 13.0 Å². The van der Waals surface area contributed by atoms with E-state index in [0.717, 1.165) is 29.6 Å². The highest BCUT2D eigenvalue weighted by atomic mass is 35.5. The molecule has 23 heavy (non-hydrogen) atoms. The van der Waals surface area contributed by atoms with Crippen molar-refractivity contribution in [3.05, 3.63) is 71.2 Å². The highest BCUT2D eigenvalue weighted by Gasteiger charge is 2.12. The average molecular weight is 328 g/mol. The molecule has 6 heteroatoms. The zero-order chi connectivity index (χ0) is 16.1. The Bertz CT molecular complexity index is 743. The van der Waals surface area contributed by atoms with Crippen LogP contribution < -0.4 is 4.90 Å². The summed E-state index contributed by atoms with van der Waals surface area (Å²) in [6.45, 7) is 3.54. The van der Waals surface area contributed by atoms with E-state index in [9.17, 15) is 0 Å². The Labute approximate surface area is 140 Å². The van der Waals surface area contributed by atoms with Crippen molar-refractivity contribution in [2.75, 3.05) is 11.4 Å². The smallest absolute Gasteiger partial charge is 0.136 e. The highest BCUT2D eigenvalue weighted by molar-refractivity contribution is 6.29. The molecule has 0 aliphatic rings. The number of nitrogens with one attached hydrogen (secondary N) is 1. The van der Waals surface area contributed by atoms with E-state index in [4.69, 9.17) is 11.6 Å². The molecule has 0 saturated carbocycles. The first-order chi connectivity index (χ1) is 11.2. The maximum absolute atomic E-state index is 6.20. The molecular weight excluding hydrogens is 310 g/mol. The van der Waals surface area contributed by atoms with Crippen LogP contribution in [0, 0.1) is 0 Å². The predicted octanol–water partition coefficient (Wildman–Crippen LogP) is 3.47. The van der Waals surface area contributed by atoms with E-state index >= 15 is 0 Å². The fourth-order valence-corrected chi connectivity index (χ4v) is 2.59. The molecule has 1 aromatic carbocycles. The van der Waals surface area contributed by atoms with Gasteiger partial charge in [-0.2, -0.15) is 0 Å². The number of imidazole rings is 1. The monoisotopic (exact) mass is 327 g/mol. The molecule has 0 unspecified atom stereocenters. The van der Waals surface area contributed by atoms with Crippen molar-refractivity contribution in [1.82, 2.24) is 19.9 Å². The van der Waals surface area contributed by atoms with E-state index < -0.39 is 0 Å². The van der Waals surface area contributed by atoms with E-state index in [1.807, 2.05) is 24.4 Å². The summed E-state index contributed by atoms with van der Waals surface area (Å²) in [5.41, 5.74) is 1.16. The topological polar surface area (TPSA) is 57.7 Å². The lowest BCUT2D eigenvalue weighted by Gasteiger charge is -2.21. The van der Waals surface area contributed by atoms with Crippen LogP contribution in [0.25, 0.3) is 0 Å². The van der Waals surface area contributed by atoms with Gasteiger partial charge in [0.05, 0.1) is 6.54 Å². The molecule has 2 aromatic heterocycles. The lowest BCUT2D eigenvalue weighted by Crippen LogP contribution is -2.24. The highest BCUT2D eigenvalue weighted by Crippen LogP contribution is 2.19. The fraction of sp³-hybridized carbons (Fsp3) is 0.235. The van der Waals surface area contributed by atoms with Crippen molar-refractivity contribution in [2.45, 2.75) is 19.9 Å². The second-order valence-electron chi connectivity index (χ2n) is 5.18. The number of anilines is 1. The number of nitrogens with zero attached hydrogens (tertiary/aromatic N) is 4. The third-order valence-electron chi connectivity index (χ3n) is 3.53. The van der Waals surface area contributed by atoms with E-state index in [-0.39, 0.29) is 0 Å². The van der Waals surface area contributed by atoms with Crippen molar-refractivity contribution >= 4 is 17.4 Å². The molecule has 0 aliphatic carbocycles. The SMILES string of the molecule is CCN(Cc1ncc[nH]1)c1cc(Cl)nc(Cc2ccccc2)n1. The van der Waals surface area contributed by atoms with Gasteiger partial charge in [-0.15, -0.1) is 0 Å². The van der Waals surface area contributed by atoms with Gasteiger partial charge in [-0.05, 0) is 12.5 Å². The van der Waals surface area contributed by atoms with E-state index in [2.05, 4.69) is 43.9 Å². The van der Waals surface area contributed by atoms with Crippen LogP contribution in [0.1, 0.15) is 24.1 Å². The number of benzene rings is 1. The predicted molar refractivity (Wildman–Crippen MR) is 91.6 cm³/mol. The maximum Gasteiger partial charge on any atom is 0.136 e. The molecule has 0 bridgehead atoms. The minimum atomic E-state index is 0.457. The Morgan fingerprint density at radius 2 is 2.00 bits per heavy atom. The van der Waals surface area contributed by atoms with Crippen molar-refractivity contribution in [3.63, 3.8) is 0 Å². The molecule has 0 atom stereocenters. The third kappa shape index (κ3) is 4.07. The molecule has 0 amide bonds. The zero-order valence-corrected chi connectivity index (χ0v) is 13.7. The third-order valence-corrected chi connectivity index (χ3v) is 3.73. The van der Waals surface area contributed by atoms with Gasteiger partial charge in [-0.25, -0.2) is 15.0 Å². The number of H-pyrrole nitrogens is 1. The van der Waals surface area contributed by atoms with E-state index in [0.29, 0.717) is 18.1 Å². The summed E-state index contributed by atoms with van der Waals surface area (Å²) >= 11 is 6.20. The summed E-state index contributed by atoms with van der Waals surface area (Å²) in [5.74, 6) is 2.43. The van der Waals surface area contributed by atoms with Gasteiger partial charge in [0.1, 0.15) is 22.6 Å². The Morgan fingerprint density at radius 3 is 2.70 bits per heavy atom. The van der Waals surface area contributed by atoms with Gasteiger partial charge in [0.25, 0.3) is 0 Å². The standard InChI is InChI=1S/C17H18ClN5/c1-2-23(12-16-19-8-9-20-16)17-11-14(18)21-15(22-17)10-13-6-4-3-5-7-13/h3-9,11H,2,10,12H2,1H3,(H,19,20). The van der Waals surface area contributed by atoms with Crippen LogP contribution in [0.15, 0.2) is 48.8 Å². The number of aromatic nitrogens is 4. The minimum absolute atomic E-state index is 0.457. The van der Waals surface area contributed by atoms with Gasteiger partial charge in [0.2, 0.25) is 0 Å². The van der Waals surface area contributed by atoms with Crippen molar-refractivity contribution < 1.29 is 0 Å². The molecule has 5 nitrogen and oxygen atoms in total. The first kappa shape index (κ1) is 15.5. The van der Waals surface area contributed by atoms with Gasteiger partial charge in [-0.3, -0.25) is 0 Å². The minimum Gasteiger partial charge on any atom is -0.349 e.